The van der Waals surface area contributed by atoms with Crippen LogP contribution in [-0.4, -0.2) is 6.26 Å². The van der Waals surface area contributed by atoms with E-state index < -0.39 is 0 Å². The van der Waals surface area contributed by atoms with E-state index in [1.165, 1.54) is 4.90 Å². The number of nitrogens with two attached hydrogens (primary N) is 1. The second-order valence-electron chi connectivity index (χ2n) is 4.26. The molecule has 2 N–H and O–H groups in total. The van der Waals surface area contributed by atoms with E-state index in [1.54, 1.807) is 11.8 Å². The highest BCUT2D eigenvalue weighted by molar-refractivity contribution is 7.98. The van der Waals surface area contributed by atoms with Crippen molar-refractivity contribution in [3.8, 4) is 11.5 Å². The van der Waals surface area contributed by atoms with Crippen molar-refractivity contribution in [2.75, 3.05) is 6.26 Å². The Labute approximate surface area is 122 Å². The highest BCUT2D eigenvalue weighted by atomic mass is 35.5. The van der Waals surface area contributed by atoms with Gasteiger partial charge in [-0.1, -0.05) is 17.7 Å². The van der Waals surface area contributed by atoms with Gasteiger partial charge < -0.3 is 10.5 Å². The highest BCUT2D eigenvalue weighted by Crippen LogP contribution is 2.32. The second kappa shape index (κ2) is 6.33. The van der Waals surface area contributed by atoms with Crippen molar-refractivity contribution in [3.05, 3.63) is 53.1 Å². The standard InChI is InChI=1S/C15H16ClNOS/c1-10(17)11-3-8-15(14(16)9-11)18-12-4-6-13(19-2)7-5-12/h3-10H,17H2,1-2H3/t10-/m1/s1. The molecule has 0 saturated carbocycles. The molecule has 0 spiro atoms. The summed E-state index contributed by atoms with van der Waals surface area (Å²) in [4.78, 5) is 1.20. The summed E-state index contributed by atoms with van der Waals surface area (Å²) in [5.74, 6) is 1.41. The quantitative estimate of drug-likeness (QED) is 0.817. The molecule has 0 fully saturated rings. The molecule has 0 aliphatic carbocycles. The summed E-state index contributed by atoms with van der Waals surface area (Å²) in [7, 11) is 0. The van der Waals surface area contributed by atoms with Crippen LogP contribution in [0.5, 0.6) is 11.5 Å². The predicted molar refractivity (Wildman–Crippen MR) is 82.4 cm³/mol. The number of thioether (sulfide) groups is 1. The predicted octanol–water partition coefficient (Wildman–Crippen LogP) is 4.87. The smallest absolute Gasteiger partial charge is 0.146 e. The van der Waals surface area contributed by atoms with E-state index in [0.717, 1.165) is 11.3 Å². The molecule has 1 atom stereocenters. The van der Waals surface area contributed by atoms with Crippen molar-refractivity contribution in [2.24, 2.45) is 5.73 Å². The molecule has 4 heteroatoms. The number of hydrogen-bond donors (Lipinski definition) is 1. The minimum atomic E-state index is -0.0348. The average molecular weight is 294 g/mol. The Balaban J connectivity index is 2.18. The number of halogens is 1. The van der Waals surface area contributed by atoms with Crippen LogP contribution in [0.4, 0.5) is 0 Å². The summed E-state index contributed by atoms with van der Waals surface area (Å²) in [6.45, 7) is 1.92. The number of ether oxygens (including phenoxy) is 1. The molecule has 0 aliphatic heterocycles. The Morgan fingerprint density at radius 2 is 1.84 bits per heavy atom. The van der Waals surface area contributed by atoms with Crippen molar-refractivity contribution >= 4 is 23.4 Å². The van der Waals surface area contributed by atoms with Crippen LogP contribution in [0, 0.1) is 0 Å². The molecule has 2 nitrogen and oxygen atoms in total. The Hall–Kier alpha value is -1.16. The first-order valence-corrected chi connectivity index (χ1v) is 7.57. The Kier molecular flexibility index (Phi) is 4.75. The van der Waals surface area contributed by atoms with Crippen LogP contribution >= 0.6 is 23.4 Å². The fourth-order valence-corrected chi connectivity index (χ4v) is 2.29. The van der Waals surface area contributed by atoms with Crippen molar-refractivity contribution in [1.82, 2.24) is 0 Å². The van der Waals surface area contributed by atoms with Gasteiger partial charge in [-0.15, -0.1) is 11.8 Å². The monoisotopic (exact) mass is 293 g/mol. The maximum atomic E-state index is 6.20. The largest absolute Gasteiger partial charge is 0.456 e. The lowest BCUT2D eigenvalue weighted by atomic mass is 10.1. The van der Waals surface area contributed by atoms with Crippen LogP contribution in [0.25, 0.3) is 0 Å². The highest BCUT2D eigenvalue weighted by Gasteiger charge is 2.07. The zero-order valence-electron chi connectivity index (χ0n) is 10.9. The van der Waals surface area contributed by atoms with E-state index in [-0.39, 0.29) is 6.04 Å². The fourth-order valence-electron chi connectivity index (χ4n) is 1.65. The molecule has 0 bridgehead atoms. The third-order valence-electron chi connectivity index (χ3n) is 2.77. The van der Waals surface area contributed by atoms with Crippen LogP contribution in [-0.2, 0) is 0 Å². The molecule has 0 radical (unpaired) electrons. The van der Waals surface area contributed by atoms with Crippen LogP contribution < -0.4 is 10.5 Å². The zero-order valence-corrected chi connectivity index (χ0v) is 12.5. The lowest BCUT2D eigenvalue weighted by Gasteiger charge is -2.11. The Morgan fingerprint density at radius 3 is 2.37 bits per heavy atom. The van der Waals surface area contributed by atoms with Gasteiger partial charge >= 0.3 is 0 Å². The van der Waals surface area contributed by atoms with Crippen molar-refractivity contribution in [1.29, 1.82) is 0 Å². The van der Waals surface area contributed by atoms with Gasteiger partial charge in [0.15, 0.2) is 0 Å². The summed E-state index contributed by atoms with van der Waals surface area (Å²) in [6, 6.07) is 13.5. The average Bonchev–Trinajstić information content (AvgIpc) is 2.41. The van der Waals surface area contributed by atoms with Crippen LogP contribution in [0.3, 0.4) is 0 Å². The van der Waals surface area contributed by atoms with Gasteiger partial charge in [0.05, 0.1) is 5.02 Å². The van der Waals surface area contributed by atoms with Gasteiger partial charge in [-0.25, -0.2) is 0 Å². The Morgan fingerprint density at radius 1 is 1.16 bits per heavy atom. The van der Waals surface area contributed by atoms with E-state index in [1.807, 2.05) is 55.6 Å². The molecule has 0 unspecified atom stereocenters. The molecule has 0 aliphatic rings. The topological polar surface area (TPSA) is 35.2 Å². The van der Waals surface area contributed by atoms with E-state index in [4.69, 9.17) is 22.1 Å². The van der Waals surface area contributed by atoms with Crippen molar-refractivity contribution in [2.45, 2.75) is 17.9 Å². The molecule has 100 valence electrons. The summed E-state index contributed by atoms with van der Waals surface area (Å²) in [5, 5.41) is 0.573. The summed E-state index contributed by atoms with van der Waals surface area (Å²) < 4.78 is 5.76. The van der Waals surface area contributed by atoms with Crippen molar-refractivity contribution < 1.29 is 4.74 Å². The SMILES string of the molecule is CSc1ccc(Oc2ccc([C@@H](C)N)cc2Cl)cc1. The third kappa shape index (κ3) is 3.66. The maximum absolute atomic E-state index is 6.20. The van der Waals surface area contributed by atoms with Gasteiger partial charge in [0.25, 0.3) is 0 Å². The molecule has 2 aromatic rings. The molecule has 2 rings (SSSR count). The van der Waals surface area contributed by atoms with Gasteiger partial charge in [0, 0.05) is 10.9 Å². The van der Waals surface area contributed by atoms with Crippen LogP contribution in [0.1, 0.15) is 18.5 Å². The van der Waals surface area contributed by atoms with Crippen LogP contribution in [0.2, 0.25) is 5.02 Å². The van der Waals surface area contributed by atoms with E-state index in [9.17, 15) is 0 Å². The normalized spacial score (nSPS) is 12.2. The minimum Gasteiger partial charge on any atom is -0.456 e. The van der Waals surface area contributed by atoms with E-state index in [2.05, 4.69) is 0 Å². The van der Waals surface area contributed by atoms with Crippen LogP contribution in [0.15, 0.2) is 47.4 Å². The fraction of sp³-hybridized carbons (Fsp3) is 0.200. The number of benzene rings is 2. The van der Waals surface area contributed by atoms with E-state index >= 15 is 0 Å². The number of rotatable bonds is 4. The molecule has 0 aromatic heterocycles. The first kappa shape index (κ1) is 14.3. The first-order valence-electron chi connectivity index (χ1n) is 5.97. The minimum absolute atomic E-state index is 0.0348. The molecular weight excluding hydrogens is 278 g/mol. The van der Waals surface area contributed by atoms with E-state index in [0.29, 0.717) is 10.8 Å². The van der Waals surface area contributed by atoms with Gasteiger partial charge in [-0.3, -0.25) is 0 Å². The lowest BCUT2D eigenvalue weighted by Crippen LogP contribution is -2.04. The molecule has 0 heterocycles. The molecule has 19 heavy (non-hydrogen) atoms. The lowest BCUT2D eigenvalue weighted by molar-refractivity contribution is 0.482. The first-order chi connectivity index (χ1) is 9.10. The molecule has 0 amide bonds. The molecule has 2 aromatic carbocycles. The van der Waals surface area contributed by atoms with Gasteiger partial charge in [0.1, 0.15) is 11.5 Å². The van der Waals surface area contributed by atoms with Gasteiger partial charge in [-0.05, 0) is 55.1 Å². The summed E-state index contributed by atoms with van der Waals surface area (Å²) in [5.41, 5.74) is 6.81. The van der Waals surface area contributed by atoms with Gasteiger partial charge in [-0.2, -0.15) is 0 Å². The Bertz CT molecular complexity index is 555. The summed E-state index contributed by atoms with van der Waals surface area (Å²) >= 11 is 7.89. The maximum Gasteiger partial charge on any atom is 0.146 e. The number of hydrogen-bond acceptors (Lipinski definition) is 3. The molecule has 0 saturated heterocycles. The third-order valence-corrected chi connectivity index (χ3v) is 3.81. The second-order valence-corrected chi connectivity index (χ2v) is 5.54. The zero-order chi connectivity index (χ0) is 13.8. The van der Waals surface area contributed by atoms with Gasteiger partial charge in [0.2, 0.25) is 0 Å². The molecular formula is C15H16ClNOS. The van der Waals surface area contributed by atoms with Crippen molar-refractivity contribution in [3.63, 3.8) is 0 Å². The summed E-state index contributed by atoms with van der Waals surface area (Å²) in [6.07, 6.45) is 2.04.